The van der Waals surface area contributed by atoms with Gasteiger partial charge in [-0.1, -0.05) is 23.7 Å². The summed E-state index contributed by atoms with van der Waals surface area (Å²) in [6.45, 7) is 0.980. The normalized spacial score (nSPS) is 10.0. The average Bonchev–Trinajstić information content (AvgIpc) is 2.61. The standard InChI is InChI=1S/C19H19ClN2O5/c1-12(23)21-15-6-3-13(4-7-15)9-19(25)27-11-18(24)22-16-10-14(20)5-8-17(16)26-2/h3-8,10H,9,11H2,1-2H3,(H,21,23)(H,22,24). The van der Waals surface area contributed by atoms with Crippen LogP contribution in [0, 0.1) is 0 Å². The van der Waals surface area contributed by atoms with E-state index in [1.54, 1.807) is 36.4 Å². The van der Waals surface area contributed by atoms with E-state index in [2.05, 4.69) is 10.6 Å². The van der Waals surface area contributed by atoms with E-state index in [0.717, 1.165) is 0 Å². The molecule has 0 unspecified atom stereocenters. The molecule has 2 N–H and O–H groups in total. The van der Waals surface area contributed by atoms with Crippen molar-refractivity contribution in [1.29, 1.82) is 0 Å². The zero-order valence-corrected chi connectivity index (χ0v) is 15.6. The molecule has 0 aliphatic heterocycles. The van der Waals surface area contributed by atoms with Gasteiger partial charge in [-0.15, -0.1) is 0 Å². The second-order valence-electron chi connectivity index (χ2n) is 5.61. The minimum absolute atomic E-state index is 0.00805. The Hall–Kier alpha value is -3.06. The zero-order chi connectivity index (χ0) is 19.8. The fraction of sp³-hybridized carbons (Fsp3) is 0.211. The highest BCUT2D eigenvalue weighted by atomic mass is 35.5. The number of carbonyl (C=O) groups is 3. The molecule has 0 radical (unpaired) electrons. The van der Waals surface area contributed by atoms with E-state index in [1.807, 2.05) is 0 Å². The summed E-state index contributed by atoms with van der Waals surface area (Å²) in [4.78, 5) is 34.8. The van der Waals surface area contributed by atoms with Crippen LogP contribution in [0.2, 0.25) is 5.02 Å². The number of esters is 1. The molecule has 0 atom stereocenters. The number of carbonyl (C=O) groups excluding carboxylic acids is 3. The Labute approximate surface area is 161 Å². The predicted molar refractivity (Wildman–Crippen MR) is 102 cm³/mol. The molecular weight excluding hydrogens is 372 g/mol. The van der Waals surface area contributed by atoms with Gasteiger partial charge in [0.1, 0.15) is 5.75 Å². The van der Waals surface area contributed by atoms with E-state index in [0.29, 0.717) is 27.7 Å². The van der Waals surface area contributed by atoms with Crippen LogP contribution in [0.4, 0.5) is 11.4 Å². The maximum Gasteiger partial charge on any atom is 0.310 e. The summed E-state index contributed by atoms with van der Waals surface area (Å²) >= 11 is 5.90. The zero-order valence-electron chi connectivity index (χ0n) is 14.9. The molecule has 0 saturated heterocycles. The average molecular weight is 391 g/mol. The molecule has 2 rings (SSSR count). The lowest BCUT2D eigenvalue weighted by molar-refractivity contribution is -0.146. The smallest absolute Gasteiger partial charge is 0.310 e. The van der Waals surface area contributed by atoms with Gasteiger partial charge in [-0.05, 0) is 35.9 Å². The lowest BCUT2D eigenvalue weighted by Gasteiger charge is -2.11. The molecule has 7 nitrogen and oxygen atoms in total. The van der Waals surface area contributed by atoms with Crippen LogP contribution >= 0.6 is 11.6 Å². The SMILES string of the molecule is COc1ccc(Cl)cc1NC(=O)COC(=O)Cc1ccc(NC(C)=O)cc1. The topological polar surface area (TPSA) is 93.7 Å². The monoisotopic (exact) mass is 390 g/mol. The van der Waals surface area contributed by atoms with E-state index in [4.69, 9.17) is 21.1 Å². The fourth-order valence-corrected chi connectivity index (χ4v) is 2.41. The second kappa shape index (κ2) is 9.59. The number of benzene rings is 2. The Balaban J connectivity index is 1.84. The summed E-state index contributed by atoms with van der Waals surface area (Å²) in [6, 6.07) is 11.6. The highest BCUT2D eigenvalue weighted by Crippen LogP contribution is 2.27. The number of methoxy groups -OCH3 is 1. The number of anilines is 2. The number of hydrogen-bond acceptors (Lipinski definition) is 5. The molecule has 27 heavy (non-hydrogen) atoms. The molecule has 0 spiro atoms. The third-order valence-corrected chi connectivity index (χ3v) is 3.66. The van der Waals surface area contributed by atoms with E-state index in [1.165, 1.54) is 20.1 Å². The second-order valence-corrected chi connectivity index (χ2v) is 6.04. The van der Waals surface area contributed by atoms with Crippen molar-refractivity contribution < 1.29 is 23.9 Å². The minimum Gasteiger partial charge on any atom is -0.495 e. The number of ether oxygens (including phenoxy) is 2. The van der Waals surface area contributed by atoms with Crippen LogP contribution in [0.3, 0.4) is 0 Å². The van der Waals surface area contributed by atoms with Crippen LogP contribution < -0.4 is 15.4 Å². The molecule has 2 aromatic rings. The van der Waals surface area contributed by atoms with Crippen molar-refractivity contribution in [3.05, 3.63) is 53.1 Å². The first-order valence-corrected chi connectivity index (χ1v) is 8.40. The van der Waals surface area contributed by atoms with Crippen LogP contribution in [-0.2, 0) is 25.5 Å². The van der Waals surface area contributed by atoms with Gasteiger partial charge in [-0.25, -0.2) is 0 Å². The highest BCUT2D eigenvalue weighted by molar-refractivity contribution is 6.31. The number of halogens is 1. The number of hydrogen-bond donors (Lipinski definition) is 2. The Bertz CT molecular complexity index is 836. The summed E-state index contributed by atoms with van der Waals surface area (Å²) in [7, 11) is 1.47. The van der Waals surface area contributed by atoms with Crippen LogP contribution in [0.5, 0.6) is 5.75 Å². The Morgan fingerprint density at radius 3 is 2.37 bits per heavy atom. The third kappa shape index (κ3) is 6.63. The first-order valence-electron chi connectivity index (χ1n) is 8.03. The van der Waals surface area contributed by atoms with Crippen LogP contribution in [0.15, 0.2) is 42.5 Å². The molecule has 142 valence electrons. The van der Waals surface area contributed by atoms with Gasteiger partial charge in [0.25, 0.3) is 5.91 Å². The van der Waals surface area contributed by atoms with Crippen molar-refractivity contribution >= 4 is 40.8 Å². The maximum absolute atomic E-state index is 12.0. The summed E-state index contributed by atoms with van der Waals surface area (Å²) in [5.74, 6) is -0.789. The van der Waals surface area contributed by atoms with Gasteiger partial charge in [-0.3, -0.25) is 14.4 Å². The summed E-state index contributed by atoms with van der Waals surface area (Å²) in [5, 5.41) is 5.65. The molecule has 8 heteroatoms. The minimum atomic E-state index is -0.546. The van der Waals surface area contributed by atoms with Crippen LogP contribution in [0.25, 0.3) is 0 Å². The van der Waals surface area contributed by atoms with Crippen molar-refractivity contribution in [1.82, 2.24) is 0 Å². The van der Waals surface area contributed by atoms with Crippen molar-refractivity contribution in [2.75, 3.05) is 24.4 Å². The molecule has 0 fully saturated rings. The van der Waals surface area contributed by atoms with Gasteiger partial charge in [0.05, 0.1) is 19.2 Å². The first-order chi connectivity index (χ1) is 12.9. The highest BCUT2D eigenvalue weighted by Gasteiger charge is 2.12. The number of nitrogens with one attached hydrogen (secondary N) is 2. The van der Waals surface area contributed by atoms with Crippen molar-refractivity contribution in [3.63, 3.8) is 0 Å². The molecule has 0 aliphatic rings. The van der Waals surface area contributed by atoms with Crippen molar-refractivity contribution in [2.45, 2.75) is 13.3 Å². The molecule has 0 bridgehead atoms. The van der Waals surface area contributed by atoms with Gasteiger partial charge >= 0.3 is 5.97 Å². The molecule has 0 aliphatic carbocycles. The van der Waals surface area contributed by atoms with Gasteiger partial charge in [0.15, 0.2) is 6.61 Å². The molecule has 0 aromatic heterocycles. The van der Waals surface area contributed by atoms with E-state index in [9.17, 15) is 14.4 Å². The van der Waals surface area contributed by atoms with Crippen molar-refractivity contribution in [2.24, 2.45) is 0 Å². The molecule has 2 amide bonds. The lowest BCUT2D eigenvalue weighted by Crippen LogP contribution is -2.22. The van der Waals surface area contributed by atoms with Gasteiger partial charge in [0, 0.05) is 17.6 Å². The third-order valence-electron chi connectivity index (χ3n) is 3.42. The molecular formula is C19H19ClN2O5. The van der Waals surface area contributed by atoms with Gasteiger partial charge in [0.2, 0.25) is 5.91 Å². The largest absolute Gasteiger partial charge is 0.495 e. The summed E-state index contributed by atoms with van der Waals surface area (Å²) in [5.41, 5.74) is 1.72. The van der Waals surface area contributed by atoms with Crippen LogP contribution in [0.1, 0.15) is 12.5 Å². The van der Waals surface area contributed by atoms with E-state index < -0.39 is 18.5 Å². The lowest BCUT2D eigenvalue weighted by atomic mass is 10.1. The summed E-state index contributed by atoms with van der Waals surface area (Å²) < 4.78 is 10.1. The Kier molecular flexibility index (Phi) is 7.19. The fourth-order valence-electron chi connectivity index (χ4n) is 2.24. The van der Waals surface area contributed by atoms with Crippen molar-refractivity contribution in [3.8, 4) is 5.75 Å². The number of rotatable bonds is 7. The van der Waals surface area contributed by atoms with Gasteiger partial charge in [-0.2, -0.15) is 0 Å². The van der Waals surface area contributed by atoms with E-state index >= 15 is 0 Å². The Morgan fingerprint density at radius 1 is 1.04 bits per heavy atom. The first kappa shape index (κ1) is 20.3. The maximum atomic E-state index is 12.0. The number of amides is 2. The molecule has 0 saturated carbocycles. The van der Waals surface area contributed by atoms with E-state index in [-0.39, 0.29) is 12.3 Å². The summed E-state index contributed by atoms with van der Waals surface area (Å²) in [6.07, 6.45) is 0.00805. The Morgan fingerprint density at radius 2 is 1.74 bits per heavy atom. The van der Waals surface area contributed by atoms with Gasteiger partial charge < -0.3 is 20.1 Å². The quantitative estimate of drug-likeness (QED) is 0.709. The van der Waals surface area contributed by atoms with Crippen LogP contribution in [-0.4, -0.2) is 31.5 Å². The molecule has 0 heterocycles. The molecule has 2 aromatic carbocycles. The predicted octanol–water partition coefficient (Wildman–Crippen LogP) is 3.03.